The Hall–Kier alpha value is -1.88. The Kier molecular flexibility index (Phi) is 3.41. The summed E-state index contributed by atoms with van der Waals surface area (Å²) >= 11 is 3.46. The van der Waals surface area contributed by atoms with Crippen LogP contribution in [0.4, 0.5) is 5.69 Å². The number of rotatable bonds is 1. The minimum Gasteiger partial charge on any atom is -0.455 e. The number of anilines is 1. The van der Waals surface area contributed by atoms with Gasteiger partial charge in [-0.15, -0.1) is 0 Å². The number of Topliss-reactive ketones (excluding diaryl/α,β-unsaturated/α-hetero) is 1. The fraction of sp³-hybridized carbons (Fsp3) is 0.333. The summed E-state index contributed by atoms with van der Waals surface area (Å²) < 4.78 is 6.81. The van der Waals surface area contributed by atoms with Crippen LogP contribution in [0.3, 0.4) is 0 Å². The molecule has 23 heavy (non-hydrogen) atoms. The summed E-state index contributed by atoms with van der Waals surface area (Å²) in [7, 11) is 0. The largest absolute Gasteiger partial charge is 0.455 e. The number of hydrogen-bond acceptors (Lipinski definition) is 3. The Balaban J connectivity index is 1.73. The third kappa shape index (κ3) is 2.26. The molecule has 0 bridgehead atoms. The van der Waals surface area contributed by atoms with E-state index < -0.39 is 0 Å². The van der Waals surface area contributed by atoms with E-state index in [0.717, 1.165) is 35.0 Å². The number of benzene rings is 1. The van der Waals surface area contributed by atoms with Gasteiger partial charge < -0.3 is 9.32 Å². The Labute approximate surface area is 142 Å². The van der Waals surface area contributed by atoms with Crippen LogP contribution in [0.5, 0.6) is 0 Å². The third-order valence-electron chi connectivity index (χ3n) is 4.68. The van der Waals surface area contributed by atoms with Crippen LogP contribution in [0, 0.1) is 6.92 Å². The van der Waals surface area contributed by atoms with E-state index >= 15 is 0 Å². The summed E-state index contributed by atoms with van der Waals surface area (Å²) in [5.41, 5.74) is 3.41. The average Bonchev–Trinajstić information content (AvgIpc) is 3.08. The molecule has 0 saturated carbocycles. The second-order valence-electron chi connectivity index (χ2n) is 6.11. The van der Waals surface area contributed by atoms with E-state index in [2.05, 4.69) is 15.9 Å². The number of hydrogen-bond donors (Lipinski definition) is 0. The molecule has 1 aromatic heterocycles. The molecule has 0 spiro atoms. The molecule has 4 nitrogen and oxygen atoms in total. The second-order valence-corrected chi connectivity index (χ2v) is 7.03. The molecule has 1 amide bonds. The Morgan fingerprint density at radius 3 is 2.87 bits per heavy atom. The van der Waals surface area contributed by atoms with Crippen molar-refractivity contribution in [1.82, 2.24) is 0 Å². The zero-order chi connectivity index (χ0) is 16.1. The van der Waals surface area contributed by atoms with Gasteiger partial charge >= 0.3 is 0 Å². The zero-order valence-corrected chi connectivity index (χ0v) is 14.4. The quantitative estimate of drug-likeness (QED) is 0.756. The number of amides is 1. The highest BCUT2D eigenvalue weighted by atomic mass is 79.9. The maximum absolute atomic E-state index is 12.9. The van der Waals surface area contributed by atoms with Gasteiger partial charge in [-0.1, -0.05) is 15.9 Å². The van der Waals surface area contributed by atoms with Crippen LogP contribution in [0.15, 0.2) is 27.1 Å². The number of aryl methyl sites for hydroxylation is 1. The van der Waals surface area contributed by atoms with Crippen molar-refractivity contribution in [3.05, 3.63) is 50.9 Å². The molecule has 0 fully saturated rings. The average molecular weight is 374 g/mol. The number of ketones is 1. The van der Waals surface area contributed by atoms with Crippen molar-refractivity contribution >= 4 is 33.3 Å². The van der Waals surface area contributed by atoms with E-state index in [1.54, 1.807) is 4.90 Å². The lowest BCUT2D eigenvalue weighted by atomic mass is 9.94. The van der Waals surface area contributed by atoms with Crippen LogP contribution >= 0.6 is 15.9 Å². The van der Waals surface area contributed by atoms with E-state index in [9.17, 15) is 9.59 Å². The van der Waals surface area contributed by atoms with Crippen LogP contribution in [-0.2, 0) is 12.8 Å². The second kappa shape index (κ2) is 5.34. The number of nitrogens with zero attached hydrogens (tertiary/aromatic N) is 1. The number of fused-ring (bicyclic) bond motifs is 2. The molecule has 0 atom stereocenters. The SMILES string of the molecule is Cc1c(C(=O)N2CCc3cc(Br)ccc32)oc2c1C(=O)CCC2. The van der Waals surface area contributed by atoms with Gasteiger partial charge in [0.2, 0.25) is 0 Å². The molecule has 4 rings (SSSR count). The van der Waals surface area contributed by atoms with Gasteiger partial charge in [-0.25, -0.2) is 0 Å². The molecular weight excluding hydrogens is 358 g/mol. The van der Waals surface area contributed by atoms with Gasteiger partial charge in [0, 0.05) is 35.1 Å². The molecule has 1 aliphatic carbocycles. The maximum atomic E-state index is 12.9. The molecule has 0 unspecified atom stereocenters. The minimum atomic E-state index is -0.147. The van der Waals surface area contributed by atoms with Crippen LogP contribution < -0.4 is 4.90 Å². The molecule has 1 aliphatic heterocycles. The van der Waals surface area contributed by atoms with Gasteiger partial charge in [0.15, 0.2) is 11.5 Å². The highest BCUT2D eigenvalue weighted by Crippen LogP contribution is 2.34. The summed E-state index contributed by atoms with van der Waals surface area (Å²) in [5.74, 6) is 0.946. The van der Waals surface area contributed by atoms with Crippen molar-refractivity contribution in [2.75, 3.05) is 11.4 Å². The van der Waals surface area contributed by atoms with Crippen molar-refractivity contribution in [2.24, 2.45) is 0 Å². The molecule has 2 aromatic rings. The number of carbonyl (C=O) groups excluding carboxylic acids is 2. The first-order valence-corrected chi connectivity index (χ1v) is 8.61. The monoisotopic (exact) mass is 373 g/mol. The Morgan fingerprint density at radius 1 is 1.26 bits per heavy atom. The number of furan rings is 1. The molecule has 2 heterocycles. The van der Waals surface area contributed by atoms with Gasteiger partial charge in [0.25, 0.3) is 5.91 Å². The van der Waals surface area contributed by atoms with Crippen molar-refractivity contribution in [3.8, 4) is 0 Å². The van der Waals surface area contributed by atoms with Crippen LogP contribution in [0.1, 0.15) is 50.6 Å². The highest BCUT2D eigenvalue weighted by molar-refractivity contribution is 9.10. The first-order chi connectivity index (χ1) is 11.1. The molecule has 0 radical (unpaired) electrons. The lowest BCUT2D eigenvalue weighted by molar-refractivity contribution is 0.0950. The normalized spacial score (nSPS) is 16.4. The highest BCUT2D eigenvalue weighted by Gasteiger charge is 2.33. The van der Waals surface area contributed by atoms with Crippen molar-refractivity contribution in [1.29, 1.82) is 0 Å². The van der Waals surface area contributed by atoms with Crippen LogP contribution in [-0.4, -0.2) is 18.2 Å². The smallest absolute Gasteiger partial charge is 0.294 e. The van der Waals surface area contributed by atoms with Crippen molar-refractivity contribution < 1.29 is 14.0 Å². The number of carbonyl (C=O) groups is 2. The minimum absolute atomic E-state index is 0.0947. The maximum Gasteiger partial charge on any atom is 0.294 e. The molecule has 0 saturated heterocycles. The number of halogens is 1. The van der Waals surface area contributed by atoms with Crippen molar-refractivity contribution in [3.63, 3.8) is 0 Å². The first-order valence-electron chi connectivity index (χ1n) is 7.82. The van der Waals surface area contributed by atoms with E-state index in [1.165, 1.54) is 0 Å². The summed E-state index contributed by atoms with van der Waals surface area (Å²) in [6.45, 7) is 2.46. The van der Waals surface area contributed by atoms with Gasteiger partial charge in [0.1, 0.15) is 5.76 Å². The standard InChI is InChI=1S/C18H16BrNO3/c1-10-16-14(21)3-2-4-15(16)23-17(10)18(22)20-8-7-11-9-12(19)5-6-13(11)20/h5-6,9H,2-4,7-8H2,1H3. The Bertz CT molecular complexity index is 837. The fourth-order valence-electron chi connectivity index (χ4n) is 3.56. The Morgan fingerprint density at radius 2 is 2.09 bits per heavy atom. The predicted octanol–water partition coefficient (Wildman–Crippen LogP) is 4.07. The molecule has 2 aliphatic rings. The molecule has 1 aromatic carbocycles. The van der Waals surface area contributed by atoms with E-state index in [4.69, 9.17) is 4.42 Å². The van der Waals surface area contributed by atoms with Crippen LogP contribution in [0.2, 0.25) is 0 Å². The molecule has 0 N–H and O–H groups in total. The van der Waals surface area contributed by atoms with Gasteiger partial charge in [-0.05, 0) is 43.5 Å². The predicted molar refractivity (Wildman–Crippen MR) is 90.2 cm³/mol. The van der Waals surface area contributed by atoms with E-state index in [0.29, 0.717) is 35.6 Å². The zero-order valence-electron chi connectivity index (χ0n) is 12.8. The molecule has 5 heteroatoms. The molecule has 118 valence electrons. The summed E-state index contributed by atoms with van der Waals surface area (Å²) in [4.78, 5) is 26.8. The van der Waals surface area contributed by atoms with Gasteiger partial charge in [0.05, 0.1) is 5.56 Å². The lowest BCUT2D eigenvalue weighted by Gasteiger charge is -2.16. The molecular formula is C18H16BrNO3. The topological polar surface area (TPSA) is 50.5 Å². The van der Waals surface area contributed by atoms with E-state index in [-0.39, 0.29) is 11.7 Å². The van der Waals surface area contributed by atoms with E-state index in [1.807, 2.05) is 25.1 Å². The summed E-state index contributed by atoms with van der Waals surface area (Å²) in [5, 5.41) is 0. The van der Waals surface area contributed by atoms with Crippen molar-refractivity contribution in [2.45, 2.75) is 32.6 Å². The van der Waals surface area contributed by atoms with Gasteiger partial charge in [-0.3, -0.25) is 9.59 Å². The van der Waals surface area contributed by atoms with Gasteiger partial charge in [-0.2, -0.15) is 0 Å². The lowest BCUT2D eigenvalue weighted by Crippen LogP contribution is -2.29. The summed E-state index contributed by atoms with van der Waals surface area (Å²) in [6, 6.07) is 5.94. The fourth-order valence-corrected chi connectivity index (χ4v) is 3.97. The third-order valence-corrected chi connectivity index (χ3v) is 5.18. The van der Waals surface area contributed by atoms with Crippen LogP contribution in [0.25, 0.3) is 0 Å². The summed E-state index contributed by atoms with van der Waals surface area (Å²) in [6.07, 6.45) is 2.91. The first kappa shape index (κ1) is 14.7.